The molecule has 0 aromatic heterocycles. The zero-order valence-corrected chi connectivity index (χ0v) is 17.2. The van der Waals surface area contributed by atoms with Gasteiger partial charge in [-0.15, -0.1) is 0 Å². The number of morpholine rings is 1. The van der Waals surface area contributed by atoms with Gasteiger partial charge in [0.15, 0.2) is 0 Å². The van der Waals surface area contributed by atoms with Gasteiger partial charge < -0.3 is 19.3 Å². The molecular formula is C23H32N2O4. The number of rotatable bonds is 5. The lowest BCUT2D eigenvalue weighted by molar-refractivity contribution is -0.137. The lowest BCUT2D eigenvalue weighted by Gasteiger charge is -2.34. The first-order valence-electron chi connectivity index (χ1n) is 11.1. The van der Waals surface area contributed by atoms with Crippen molar-refractivity contribution in [3.8, 4) is 5.75 Å². The van der Waals surface area contributed by atoms with E-state index < -0.39 is 0 Å². The number of likely N-dealkylation sites (tertiary alicyclic amines) is 1. The zero-order valence-electron chi connectivity index (χ0n) is 17.2. The Bertz CT molecular complexity index is 693. The van der Waals surface area contributed by atoms with Crippen LogP contribution in [0.2, 0.25) is 0 Å². The Kier molecular flexibility index (Phi) is 6.70. The van der Waals surface area contributed by atoms with Crippen LogP contribution in [0, 0.1) is 11.8 Å². The molecule has 2 saturated heterocycles. The summed E-state index contributed by atoms with van der Waals surface area (Å²) in [6.07, 6.45) is 6.67. The van der Waals surface area contributed by atoms with Crippen LogP contribution >= 0.6 is 0 Å². The molecule has 2 aliphatic heterocycles. The third-order valence-electron chi connectivity index (χ3n) is 6.42. The van der Waals surface area contributed by atoms with Crippen LogP contribution in [0.4, 0.5) is 0 Å². The molecule has 1 aliphatic carbocycles. The van der Waals surface area contributed by atoms with Gasteiger partial charge in [-0.3, -0.25) is 9.59 Å². The molecule has 1 aromatic rings. The number of amides is 2. The Morgan fingerprint density at radius 2 is 1.66 bits per heavy atom. The number of carbonyl (C=O) groups is 2. The summed E-state index contributed by atoms with van der Waals surface area (Å²) in [6, 6.07) is 7.42. The molecule has 2 amide bonds. The van der Waals surface area contributed by atoms with E-state index in [-0.39, 0.29) is 11.8 Å². The van der Waals surface area contributed by atoms with Gasteiger partial charge in [0, 0.05) is 43.6 Å². The Hall–Kier alpha value is -2.08. The molecule has 0 bridgehead atoms. The fraction of sp³-hybridized carbons (Fsp3) is 0.652. The number of carbonyl (C=O) groups excluding carboxylic acids is 2. The molecule has 0 N–H and O–H groups in total. The van der Waals surface area contributed by atoms with Crippen LogP contribution in [0.25, 0.3) is 0 Å². The molecule has 3 aliphatic rings. The fourth-order valence-electron chi connectivity index (χ4n) is 4.69. The second-order valence-corrected chi connectivity index (χ2v) is 8.51. The zero-order chi connectivity index (χ0) is 20.1. The van der Waals surface area contributed by atoms with Gasteiger partial charge in [0.1, 0.15) is 5.75 Å². The monoisotopic (exact) mass is 400 g/mol. The molecule has 6 heteroatoms. The van der Waals surface area contributed by atoms with E-state index in [0.29, 0.717) is 50.3 Å². The van der Waals surface area contributed by atoms with E-state index >= 15 is 0 Å². The molecule has 29 heavy (non-hydrogen) atoms. The van der Waals surface area contributed by atoms with Crippen LogP contribution in [0.5, 0.6) is 5.75 Å². The maximum atomic E-state index is 12.7. The number of hydrogen-bond donors (Lipinski definition) is 0. The summed E-state index contributed by atoms with van der Waals surface area (Å²) in [4.78, 5) is 29.1. The van der Waals surface area contributed by atoms with E-state index in [9.17, 15) is 9.59 Å². The number of ether oxygens (including phenoxy) is 2. The fourth-order valence-corrected chi connectivity index (χ4v) is 4.69. The van der Waals surface area contributed by atoms with Crippen molar-refractivity contribution in [1.82, 2.24) is 9.80 Å². The number of nitrogens with zero attached hydrogens (tertiary/aromatic N) is 2. The summed E-state index contributed by atoms with van der Waals surface area (Å²) in [5.41, 5.74) is 0.685. The van der Waals surface area contributed by atoms with Crippen molar-refractivity contribution in [3.63, 3.8) is 0 Å². The van der Waals surface area contributed by atoms with Gasteiger partial charge in [0.05, 0.1) is 19.8 Å². The predicted molar refractivity (Wildman–Crippen MR) is 110 cm³/mol. The molecule has 1 atom stereocenters. The topological polar surface area (TPSA) is 59.1 Å². The normalized spacial score (nSPS) is 23.2. The van der Waals surface area contributed by atoms with Crippen LogP contribution in [0.1, 0.15) is 48.9 Å². The minimum absolute atomic E-state index is 0.0493. The quantitative estimate of drug-likeness (QED) is 0.763. The molecule has 1 aromatic carbocycles. The maximum absolute atomic E-state index is 12.7. The summed E-state index contributed by atoms with van der Waals surface area (Å²) < 4.78 is 11.3. The largest absolute Gasteiger partial charge is 0.493 e. The van der Waals surface area contributed by atoms with Crippen molar-refractivity contribution in [2.45, 2.75) is 38.5 Å². The van der Waals surface area contributed by atoms with Crippen LogP contribution < -0.4 is 4.74 Å². The highest BCUT2D eigenvalue weighted by molar-refractivity contribution is 5.94. The molecular weight excluding hydrogens is 368 g/mol. The van der Waals surface area contributed by atoms with Gasteiger partial charge >= 0.3 is 0 Å². The van der Waals surface area contributed by atoms with Crippen molar-refractivity contribution < 1.29 is 19.1 Å². The van der Waals surface area contributed by atoms with E-state index in [2.05, 4.69) is 4.90 Å². The molecule has 6 nitrogen and oxygen atoms in total. The highest BCUT2D eigenvalue weighted by Crippen LogP contribution is 2.28. The SMILES string of the molecule is O=C(c1ccc(OC[C@H]2CCCN(C(=O)C3CCCC3)C2)cc1)N1CCOCC1. The van der Waals surface area contributed by atoms with Crippen molar-refractivity contribution >= 4 is 11.8 Å². The van der Waals surface area contributed by atoms with Crippen molar-refractivity contribution in [2.75, 3.05) is 46.0 Å². The second-order valence-electron chi connectivity index (χ2n) is 8.51. The predicted octanol–water partition coefficient (Wildman–Crippen LogP) is 2.97. The number of benzene rings is 1. The minimum atomic E-state index is 0.0493. The van der Waals surface area contributed by atoms with Gasteiger partial charge in [-0.25, -0.2) is 0 Å². The van der Waals surface area contributed by atoms with Gasteiger partial charge in [-0.05, 0) is 49.9 Å². The minimum Gasteiger partial charge on any atom is -0.493 e. The van der Waals surface area contributed by atoms with Crippen LogP contribution in [0.15, 0.2) is 24.3 Å². The van der Waals surface area contributed by atoms with E-state index in [1.165, 1.54) is 12.8 Å². The average molecular weight is 401 g/mol. The standard InChI is InChI=1S/C23H32N2O4/c26-22(24-12-14-28-15-13-24)20-7-9-21(10-8-20)29-17-18-4-3-11-25(16-18)23(27)19-5-1-2-6-19/h7-10,18-19H,1-6,11-17H2/t18-/m0/s1. The van der Waals surface area contributed by atoms with Gasteiger partial charge in [0.25, 0.3) is 5.91 Å². The lowest BCUT2D eigenvalue weighted by atomic mass is 9.96. The van der Waals surface area contributed by atoms with Gasteiger partial charge in [-0.2, -0.15) is 0 Å². The lowest BCUT2D eigenvalue weighted by Crippen LogP contribution is -2.43. The van der Waals surface area contributed by atoms with E-state index in [0.717, 1.165) is 44.5 Å². The first-order chi connectivity index (χ1) is 14.2. The Morgan fingerprint density at radius 1 is 0.931 bits per heavy atom. The van der Waals surface area contributed by atoms with Crippen molar-refractivity contribution in [1.29, 1.82) is 0 Å². The number of piperidine rings is 1. The van der Waals surface area contributed by atoms with Gasteiger partial charge in [-0.1, -0.05) is 12.8 Å². The third kappa shape index (κ3) is 5.10. The molecule has 0 spiro atoms. The Labute approximate surface area is 173 Å². The second kappa shape index (κ2) is 9.61. The maximum Gasteiger partial charge on any atom is 0.254 e. The molecule has 0 radical (unpaired) electrons. The van der Waals surface area contributed by atoms with E-state index in [1.54, 1.807) is 0 Å². The van der Waals surface area contributed by atoms with E-state index in [1.807, 2.05) is 29.2 Å². The summed E-state index contributed by atoms with van der Waals surface area (Å²) in [5.74, 6) is 1.82. The van der Waals surface area contributed by atoms with Crippen molar-refractivity contribution in [3.05, 3.63) is 29.8 Å². The molecule has 1 saturated carbocycles. The Balaban J connectivity index is 1.26. The smallest absolute Gasteiger partial charge is 0.254 e. The van der Waals surface area contributed by atoms with E-state index in [4.69, 9.17) is 9.47 Å². The molecule has 4 rings (SSSR count). The Morgan fingerprint density at radius 3 is 2.38 bits per heavy atom. The van der Waals surface area contributed by atoms with Gasteiger partial charge in [0.2, 0.25) is 5.91 Å². The van der Waals surface area contributed by atoms with Crippen molar-refractivity contribution in [2.24, 2.45) is 11.8 Å². The highest BCUT2D eigenvalue weighted by atomic mass is 16.5. The summed E-state index contributed by atoms with van der Waals surface area (Å²) in [5, 5.41) is 0. The summed E-state index contributed by atoms with van der Waals surface area (Å²) in [6.45, 7) is 4.82. The third-order valence-corrected chi connectivity index (χ3v) is 6.42. The molecule has 3 fully saturated rings. The highest BCUT2D eigenvalue weighted by Gasteiger charge is 2.30. The molecule has 2 heterocycles. The van der Waals surface area contributed by atoms with Crippen LogP contribution in [-0.4, -0.2) is 67.6 Å². The van der Waals surface area contributed by atoms with Crippen LogP contribution in [0.3, 0.4) is 0 Å². The first-order valence-corrected chi connectivity index (χ1v) is 11.1. The first kappa shape index (κ1) is 20.2. The molecule has 0 unspecified atom stereocenters. The summed E-state index contributed by atoms with van der Waals surface area (Å²) >= 11 is 0. The molecule has 158 valence electrons. The van der Waals surface area contributed by atoms with Crippen LogP contribution in [-0.2, 0) is 9.53 Å². The average Bonchev–Trinajstić information content (AvgIpc) is 3.33. The summed E-state index contributed by atoms with van der Waals surface area (Å²) in [7, 11) is 0. The number of hydrogen-bond acceptors (Lipinski definition) is 4.